The summed E-state index contributed by atoms with van der Waals surface area (Å²) in [7, 11) is 2.16. The molecule has 0 spiro atoms. The van der Waals surface area contributed by atoms with Crippen LogP contribution in [-0.2, 0) is 11.8 Å². The molecule has 124 valence electrons. The minimum Gasteiger partial charge on any atom is -0.356 e. The number of aryl methyl sites for hydroxylation is 1. The van der Waals surface area contributed by atoms with Crippen molar-refractivity contribution in [2.45, 2.75) is 64.5 Å². The summed E-state index contributed by atoms with van der Waals surface area (Å²) in [6.07, 6.45) is 15.6. The molecule has 1 aromatic rings. The standard InChI is InChI=1S/C21H30N2/c1-5-8-9-17-10-11-18-19(16-17)23-15-14-22(4)20(23)12-13-21(18,6-2)7-3/h10-16,20H,5-9H2,1-4H3. The van der Waals surface area contributed by atoms with Crippen LogP contribution in [0, 0.1) is 0 Å². The molecule has 2 heteroatoms. The van der Waals surface area contributed by atoms with E-state index in [0.717, 1.165) is 12.8 Å². The highest BCUT2D eigenvalue weighted by Crippen LogP contribution is 2.44. The van der Waals surface area contributed by atoms with Crippen LogP contribution in [0.5, 0.6) is 0 Å². The van der Waals surface area contributed by atoms with Crippen LogP contribution in [0.15, 0.2) is 42.8 Å². The summed E-state index contributed by atoms with van der Waals surface area (Å²) in [5.41, 5.74) is 4.52. The Hall–Kier alpha value is -1.70. The molecule has 0 aliphatic carbocycles. The molecule has 2 aliphatic rings. The zero-order valence-corrected chi connectivity index (χ0v) is 15.0. The number of benzene rings is 1. The van der Waals surface area contributed by atoms with Crippen molar-refractivity contribution < 1.29 is 0 Å². The number of unbranched alkanes of at least 4 members (excludes halogenated alkanes) is 1. The van der Waals surface area contributed by atoms with Crippen LogP contribution < -0.4 is 4.90 Å². The Morgan fingerprint density at radius 2 is 1.87 bits per heavy atom. The van der Waals surface area contributed by atoms with E-state index in [9.17, 15) is 0 Å². The normalized spacial score (nSPS) is 21.3. The SMILES string of the molecule is CCCCc1ccc2c(c1)N1C=CN(C)C1C=CC2(CC)CC. The Balaban J connectivity index is 2.11. The van der Waals surface area contributed by atoms with Gasteiger partial charge in [-0.3, -0.25) is 0 Å². The predicted molar refractivity (Wildman–Crippen MR) is 99.6 cm³/mol. The van der Waals surface area contributed by atoms with E-state index in [1.807, 2.05) is 0 Å². The molecule has 0 saturated heterocycles. The summed E-state index contributed by atoms with van der Waals surface area (Å²) in [4.78, 5) is 4.73. The number of anilines is 1. The Bertz CT molecular complexity index is 610. The van der Waals surface area contributed by atoms with E-state index < -0.39 is 0 Å². The zero-order chi connectivity index (χ0) is 16.4. The smallest absolute Gasteiger partial charge is 0.124 e. The molecule has 0 aromatic heterocycles. The maximum Gasteiger partial charge on any atom is 0.124 e. The molecule has 0 bridgehead atoms. The molecular formula is C21H30N2. The third-order valence-electron chi connectivity index (χ3n) is 5.71. The number of rotatable bonds is 5. The van der Waals surface area contributed by atoms with E-state index in [0.29, 0.717) is 6.17 Å². The summed E-state index contributed by atoms with van der Waals surface area (Å²) in [5, 5.41) is 0. The molecule has 0 N–H and O–H groups in total. The topological polar surface area (TPSA) is 6.48 Å². The summed E-state index contributed by atoms with van der Waals surface area (Å²) >= 11 is 0. The lowest BCUT2D eigenvalue weighted by Gasteiger charge is -2.32. The fraction of sp³-hybridized carbons (Fsp3) is 0.524. The van der Waals surface area contributed by atoms with Gasteiger partial charge in [0.2, 0.25) is 0 Å². The van der Waals surface area contributed by atoms with Crippen molar-refractivity contribution in [1.29, 1.82) is 0 Å². The van der Waals surface area contributed by atoms with Crippen LogP contribution in [0.4, 0.5) is 5.69 Å². The minimum absolute atomic E-state index is 0.164. The third kappa shape index (κ3) is 2.69. The van der Waals surface area contributed by atoms with Gasteiger partial charge in [-0.15, -0.1) is 0 Å². The van der Waals surface area contributed by atoms with Gasteiger partial charge < -0.3 is 9.80 Å². The zero-order valence-electron chi connectivity index (χ0n) is 15.0. The molecule has 0 fully saturated rings. The van der Waals surface area contributed by atoms with Gasteiger partial charge in [-0.1, -0.05) is 45.4 Å². The molecule has 23 heavy (non-hydrogen) atoms. The molecule has 2 heterocycles. The second-order valence-corrected chi connectivity index (χ2v) is 6.96. The number of nitrogens with zero attached hydrogens (tertiary/aromatic N) is 2. The van der Waals surface area contributed by atoms with E-state index in [4.69, 9.17) is 0 Å². The van der Waals surface area contributed by atoms with Gasteiger partial charge in [0.15, 0.2) is 0 Å². The van der Waals surface area contributed by atoms with E-state index in [-0.39, 0.29) is 5.41 Å². The first-order chi connectivity index (χ1) is 11.1. The molecular weight excluding hydrogens is 280 g/mol. The van der Waals surface area contributed by atoms with Crippen LogP contribution in [0.25, 0.3) is 0 Å². The van der Waals surface area contributed by atoms with Crippen molar-refractivity contribution in [3.05, 3.63) is 53.9 Å². The van der Waals surface area contributed by atoms with Crippen molar-refractivity contribution in [1.82, 2.24) is 4.90 Å². The fourth-order valence-corrected chi connectivity index (χ4v) is 3.98. The first-order valence-corrected chi connectivity index (χ1v) is 9.16. The van der Waals surface area contributed by atoms with Gasteiger partial charge in [0.05, 0.1) is 0 Å². The Morgan fingerprint density at radius 3 is 2.57 bits per heavy atom. The van der Waals surface area contributed by atoms with Crippen molar-refractivity contribution in [2.24, 2.45) is 0 Å². The number of hydrogen-bond acceptors (Lipinski definition) is 2. The maximum atomic E-state index is 2.46. The summed E-state index contributed by atoms with van der Waals surface area (Å²) in [5.74, 6) is 0. The molecule has 1 atom stereocenters. The first kappa shape index (κ1) is 16.2. The van der Waals surface area contributed by atoms with Gasteiger partial charge in [0.1, 0.15) is 6.17 Å². The monoisotopic (exact) mass is 310 g/mol. The lowest BCUT2D eigenvalue weighted by molar-refractivity contribution is 0.416. The average molecular weight is 310 g/mol. The largest absolute Gasteiger partial charge is 0.356 e. The quantitative estimate of drug-likeness (QED) is 0.689. The number of likely N-dealkylation sites (N-methyl/N-ethyl adjacent to an activating group) is 1. The van der Waals surface area contributed by atoms with Crippen molar-refractivity contribution >= 4 is 5.69 Å². The van der Waals surface area contributed by atoms with Gasteiger partial charge in [-0.05, 0) is 49.0 Å². The lowest BCUT2D eigenvalue weighted by Crippen LogP contribution is -2.34. The van der Waals surface area contributed by atoms with Gasteiger partial charge in [-0.25, -0.2) is 0 Å². The highest BCUT2D eigenvalue weighted by atomic mass is 15.4. The van der Waals surface area contributed by atoms with Crippen LogP contribution in [0.1, 0.15) is 57.6 Å². The van der Waals surface area contributed by atoms with Crippen LogP contribution in [0.2, 0.25) is 0 Å². The number of allylic oxidation sites excluding steroid dienone is 1. The van der Waals surface area contributed by atoms with Crippen molar-refractivity contribution in [2.75, 3.05) is 11.9 Å². The lowest BCUT2D eigenvalue weighted by atomic mass is 9.75. The van der Waals surface area contributed by atoms with Crippen LogP contribution in [-0.4, -0.2) is 18.1 Å². The molecule has 1 aromatic carbocycles. The van der Waals surface area contributed by atoms with E-state index in [1.54, 1.807) is 0 Å². The maximum absolute atomic E-state index is 2.46. The van der Waals surface area contributed by atoms with Crippen molar-refractivity contribution in [3.63, 3.8) is 0 Å². The second kappa shape index (κ2) is 6.43. The molecule has 3 rings (SSSR count). The molecule has 2 aliphatic heterocycles. The van der Waals surface area contributed by atoms with E-state index in [1.165, 1.54) is 36.1 Å². The molecule has 2 nitrogen and oxygen atoms in total. The van der Waals surface area contributed by atoms with E-state index >= 15 is 0 Å². The highest BCUT2D eigenvalue weighted by molar-refractivity contribution is 5.65. The Morgan fingerprint density at radius 1 is 1.09 bits per heavy atom. The van der Waals surface area contributed by atoms with E-state index in [2.05, 4.69) is 80.4 Å². The summed E-state index contributed by atoms with van der Waals surface area (Å²) in [6.45, 7) is 6.90. The second-order valence-electron chi connectivity index (χ2n) is 6.96. The van der Waals surface area contributed by atoms with Crippen LogP contribution in [0.3, 0.4) is 0 Å². The molecule has 1 unspecified atom stereocenters. The molecule has 0 saturated carbocycles. The third-order valence-corrected chi connectivity index (χ3v) is 5.71. The molecule has 0 amide bonds. The Kier molecular flexibility index (Phi) is 4.52. The van der Waals surface area contributed by atoms with Crippen LogP contribution >= 0.6 is 0 Å². The first-order valence-electron chi connectivity index (χ1n) is 9.16. The fourth-order valence-electron chi connectivity index (χ4n) is 3.98. The van der Waals surface area contributed by atoms with Gasteiger partial charge in [0, 0.05) is 30.5 Å². The number of fused-ring (bicyclic) bond motifs is 3. The van der Waals surface area contributed by atoms with Gasteiger partial charge in [-0.2, -0.15) is 0 Å². The Labute approximate surface area is 141 Å². The number of hydrogen-bond donors (Lipinski definition) is 0. The van der Waals surface area contributed by atoms with Gasteiger partial charge in [0.25, 0.3) is 0 Å². The average Bonchev–Trinajstić information content (AvgIpc) is 2.88. The van der Waals surface area contributed by atoms with Crippen molar-refractivity contribution in [3.8, 4) is 0 Å². The molecule has 0 radical (unpaired) electrons. The predicted octanol–water partition coefficient (Wildman–Crippen LogP) is 5.21. The van der Waals surface area contributed by atoms with Gasteiger partial charge >= 0.3 is 0 Å². The summed E-state index contributed by atoms with van der Waals surface area (Å²) in [6, 6.07) is 7.19. The highest BCUT2D eigenvalue weighted by Gasteiger charge is 2.35. The summed E-state index contributed by atoms with van der Waals surface area (Å²) < 4.78 is 0. The minimum atomic E-state index is 0.164.